The molecule has 0 radical (unpaired) electrons. The van der Waals surface area contributed by atoms with Crippen LogP contribution in [0, 0.1) is 5.92 Å². The predicted molar refractivity (Wildman–Crippen MR) is 71.0 cm³/mol. The molecule has 0 saturated carbocycles. The van der Waals surface area contributed by atoms with Gasteiger partial charge in [-0.3, -0.25) is 4.79 Å². The minimum Gasteiger partial charge on any atom is -0.496 e. The standard InChI is InChI=1S/C14H21NO3/c1-11(14(16)17)7-9-15-10-8-12-5-3-4-6-13(12)18-2/h3-6,11,15H,7-10H2,1-2H3,(H,16,17). The zero-order valence-corrected chi connectivity index (χ0v) is 11.0. The van der Waals surface area contributed by atoms with Crippen molar-refractivity contribution in [1.82, 2.24) is 5.32 Å². The van der Waals surface area contributed by atoms with Gasteiger partial charge in [0.15, 0.2) is 0 Å². The van der Waals surface area contributed by atoms with Gasteiger partial charge in [0.25, 0.3) is 0 Å². The summed E-state index contributed by atoms with van der Waals surface area (Å²) in [6, 6.07) is 7.93. The quantitative estimate of drug-likeness (QED) is 0.693. The molecular formula is C14H21NO3. The minimum absolute atomic E-state index is 0.288. The van der Waals surface area contributed by atoms with Crippen molar-refractivity contribution in [2.45, 2.75) is 19.8 Å². The molecule has 1 unspecified atom stereocenters. The number of para-hydroxylation sites is 1. The molecule has 100 valence electrons. The fourth-order valence-corrected chi connectivity index (χ4v) is 1.70. The third kappa shape index (κ3) is 4.75. The SMILES string of the molecule is COc1ccccc1CCNCCC(C)C(=O)O. The van der Waals surface area contributed by atoms with Crippen molar-refractivity contribution in [3.8, 4) is 5.75 Å². The van der Waals surface area contributed by atoms with E-state index >= 15 is 0 Å². The first-order valence-corrected chi connectivity index (χ1v) is 6.20. The number of benzene rings is 1. The van der Waals surface area contributed by atoms with Gasteiger partial charge in [0.2, 0.25) is 0 Å². The van der Waals surface area contributed by atoms with Gasteiger partial charge in [-0.15, -0.1) is 0 Å². The molecule has 0 fully saturated rings. The number of methoxy groups -OCH3 is 1. The maximum atomic E-state index is 10.6. The Morgan fingerprint density at radius 3 is 2.78 bits per heavy atom. The van der Waals surface area contributed by atoms with Crippen LogP contribution in [0.4, 0.5) is 0 Å². The normalized spacial score (nSPS) is 12.1. The third-order valence-corrected chi connectivity index (χ3v) is 2.94. The maximum Gasteiger partial charge on any atom is 0.306 e. The van der Waals surface area contributed by atoms with E-state index in [-0.39, 0.29) is 5.92 Å². The van der Waals surface area contributed by atoms with E-state index in [1.165, 1.54) is 5.56 Å². The molecule has 0 amide bonds. The number of hydrogen-bond donors (Lipinski definition) is 2. The second-order valence-electron chi connectivity index (χ2n) is 4.34. The van der Waals surface area contributed by atoms with E-state index in [2.05, 4.69) is 5.32 Å². The molecule has 18 heavy (non-hydrogen) atoms. The van der Waals surface area contributed by atoms with E-state index in [0.29, 0.717) is 6.42 Å². The first-order valence-electron chi connectivity index (χ1n) is 6.20. The summed E-state index contributed by atoms with van der Waals surface area (Å²) in [7, 11) is 1.67. The van der Waals surface area contributed by atoms with E-state index in [0.717, 1.165) is 25.3 Å². The molecule has 0 spiro atoms. The summed E-state index contributed by atoms with van der Waals surface area (Å²) in [5.74, 6) is -0.122. The van der Waals surface area contributed by atoms with Crippen molar-refractivity contribution in [2.75, 3.05) is 20.2 Å². The highest BCUT2D eigenvalue weighted by Crippen LogP contribution is 2.17. The lowest BCUT2D eigenvalue weighted by molar-refractivity contribution is -0.141. The van der Waals surface area contributed by atoms with Crippen molar-refractivity contribution < 1.29 is 14.6 Å². The summed E-state index contributed by atoms with van der Waals surface area (Å²) >= 11 is 0. The average molecular weight is 251 g/mol. The second-order valence-corrected chi connectivity index (χ2v) is 4.34. The summed E-state index contributed by atoms with van der Waals surface area (Å²) in [5, 5.41) is 12.0. The molecule has 0 heterocycles. The number of carboxylic acids is 1. The van der Waals surface area contributed by atoms with Crippen LogP contribution in [0.1, 0.15) is 18.9 Å². The summed E-state index contributed by atoms with van der Waals surface area (Å²) in [6.45, 7) is 3.28. The van der Waals surface area contributed by atoms with Crippen LogP contribution in [0.25, 0.3) is 0 Å². The van der Waals surface area contributed by atoms with Gasteiger partial charge in [0, 0.05) is 0 Å². The van der Waals surface area contributed by atoms with Crippen LogP contribution in [-0.2, 0) is 11.2 Å². The molecule has 1 aromatic rings. The Morgan fingerprint density at radius 2 is 2.11 bits per heavy atom. The lowest BCUT2D eigenvalue weighted by Crippen LogP contribution is -2.22. The third-order valence-electron chi connectivity index (χ3n) is 2.94. The number of ether oxygens (including phenoxy) is 1. The fourth-order valence-electron chi connectivity index (χ4n) is 1.70. The number of aliphatic carboxylic acids is 1. The van der Waals surface area contributed by atoms with E-state index in [1.807, 2.05) is 24.3 Å². The van der Waals surface area contributed by atoms with E-state index in [9.17, 15) is 4.79 Å². The summed E-state index contributed by atoms with van der Waals surface area (Å²) in [6.07, 6.45) is 1.53. The van der Waals surface area contributed by atoms with Gasteiger partial charge in [-0.25, -0.2) is 0 Å². The number of carboxylic acid groups (broad SMARTS) is 1. The van der Waals surface area contributed by atoms with E-state index in [1.54, 1.807) is 14.0 Å². The Hall–Kier alpha value is -1.55. The summed E-state index contributed by atoms with van der Waals surface area (Å²) < 4.78 is 5.27. The number of carbonyl (C=O) groups is 1. The number of hydrogen-bond acceptors (Lipinski definition) is 3. The van der Waals surface area contributed by atoms with E-state index in [4.69, 9.17) is 9.84 Å². The van der Waals surface area contributed by atoms with Gasteiger partial charge in [-0.1, -0.05) is 25.1 Å². The Labute approximate surface area is 108 Å². The smallest absolute Gasteiger partial charge is 0.306 e. The van der Waals surface area contributed by atoms with Crippen LogP contribution in [0.3, 0.4) is 0 Å². The fraction of sp³-hybridized carbons (Fsp3) is 0.500. The molecule has 0 aliphatic carbocycles. The van der Waals surface area contributed by atoms with Crippen LogP contribution in [0.2, 0.25) is 0 Å². The van der Waals surface area contributed by atoms with Crippen molar-refractivity contribution in [3.63, 3.8) is 0 Å². The molecule has 1 rings (SSSR count). The molecular weight excluding hydrogens is 230 g/mol. The highest BCUT2D eigenvalue weighted by Gasteiger charge is 2.09. The van der Waals surface area contributed by atoms with Gasteiger partial charge in [-0.05, 0) is 37.6 Å². The molecule has 0 aromatic heterocycles. The van der Waals surface area contributed by atoms with Crippen LogP contribution in [0.15, 0.2) is 24.3 Å². The first-order chi connectivity index (χ1) is 8.65. The molecule has 2 N–H and O–H groups in total. The van der Waals surface area contributed by atoms with Gasteiger partial charge < -0.3 is 15.2 Å². The number of rotatable bonds is 8. The van der Waals surface area contributed by atoms with Gasteiger partial charge >= 0.3 is 5.97 Å². The Kier molecular flexibility index (Phi) is 6.22. The van der Waals surface area contributed by atoms with Crippen molar-refractivity contribution >= 4 is 5.97 Å². The average Bonchev–Trinajstić information content (AvgIpc) is 2.38. The molecule has 0 aliphatic rings. The van der Waals surface area contributed by atoms with Crippen LogP contribution in [0.5, 0.6) is 5.75 Å². The molecule has 1 aromatic carbocycles. The zero-order valence-electron chi connectivity index (χ0n) is 11.0. The molecule has 1 atom stereocenters. The lowest BCUT2D eigenvalue weighted by atomic mass is 10.1. The zero-order chi connectivity index (χ0) is 13.4. The summed E-state index contributed by atoms with van der Waals surface area (Å²) in [4.78, 5) is 10.6. The van der Waals surface area contributed by atoms with Crippen LogP contribution >= 0.6 is 0 Å². The van der Waals surface area contributed by atoms with Gasteiger partial charge in [0.05, 0.1) is 13.0 Å². The summed E-state index contributed by atoms with van der Waals surface area (Å²) in [5.41, 5.74) is 1.17. The van der Waals surface area contributed by atoms with Crippen LogP contribution < -0.4 is 10.1 Å². The largest absolute Gasteiger partial charge is 0.496 e. The van der Waals surface area contributed by atoms with Crippen molar-refractivity contribution in [1.29, 1.82) is 0 Å². The lowest BCUT2D eigenvalue weighted by Gasteiger charge is -2.10. The molecule has 0 bridgehead atoms. The van der Waals surface area contributed by atoms with Gasteiger partial charge in [0.1, 0.15) is 5.75 Å². The Balaban J connectivity index is 2.24. The topological polar surface area (TPSA) is 58.6 Å². The monoisotopic (exact) mass is 251 g/mol. The van der Waals surface area contributed by atoms with Crippen LogP contribution in [-0.4, -0.2) is 31.3 Å². The molecule has 0 saturated heterocycles. The second kappa shape index (κ2) is 7.71. The maximum absolute atomic E-state index is 10.6. The Bertz CT molecular complexity index is 379. The molecule has 4 nitrogen and oxygen atoms in total. The molecule has 4 heteroatoms. The molecule has 0 aliphatic heterocycles. The van der Waals surface area contributed by atoms with Crippen molar-refractivity contribution in [2.24, 2.45) is 5.92 Å². The highest BCUT2D eigenvalue weighted by molar-refractivity contribution is 5.69. The minimum atomic E-state index is -0.735. The highest BCUT2D eigenvalue weighted by atomic mass is 16.5. The van der Waals surface area contributed by atoms with Gasteiger partial charge in [-0.2, -0.15) is 0 Å². The van der Waals surface area contributed by atoms with Crippen molar-refractivity contribution in [3.05, 3.63) is 29.8 Å². The number of nitrogens with one attached hydrogen (secondary N) is 1. The Morgan fingerprint density at radius 1 is 1.39 bits per heavy atom. The first kappa shape index (κ1) is 14.5. The predicted octanol–water partition coefficient (Wildman–Crippen LogP) is 1.94. The van der Waals surface area contributed by atoms with E-state index < -0.39 is 5.97 Å².